The summed E-state index contributed by atoms with van der Waals surface area (Å²) in [4.78, 5) is 22.9. The molecule has 0 spiro atoms. The van der Waals surface area contributed by atoms with Gasteiger partial charge in [-0.25, -0.2) is 8.78 Å². The normalized spacial score (nSPS) is 10.3. The Morgan fingerprint density at radius 2 is 1.90 bits per heavy atom. The van der Waals surface area contributed by atoms with Crippen LogP contribution in [0.3, 0.4) is 0 Å². The number of carbonyl (C=O) groups excluding carboxylic acids is 2. The summed E-state index contributed by atoms with van der Waals surface area (Å²) in [6, 6.07) is 3.01. The van der Waals surface area contributed by atoms with Crippen LogP contribution in [0.2, 0.25) is 0 Å². The number of nitrogens with one attached hydrogen (secondary N) is 1. The summed E-state index contributed by atoms with van der Waals surface area (Å²) in [5, 5.41) is 3.88. The van der Waals surface area contributed by atoms with E-state index < -0.39 is 29.0 Å². The zero-order valence-corrected chi connectivity index (χ0v) is 12.7. The Labute approximate surface area is 130 Å². The maximum atomic E-state index is 13.6. The maximum Gasteiger partial charge on any atom is 0.256 e. The number of halogens is 3. The first-order valence-electron chi connectivity index (χ1n) is 5.22. The van der Waals surface area contributed by atoms with Crippen LogP contribution in [0.25, 0.3) is 0 Å². The van der Waals surface area contributed by atoms with Crippen molar-refractivity contribution in [3.05, 3.63) is 49.2 Å². The summed E-state index contributed by atoms with van der Waals surface area (Å²) in [6.45, 7) is 0. The molecule has 8 heteroatoms. The van der Waals surface area contributed by atoms with E-state index in [1.165, 1.54) is 11.3 Å². The molecule has 2 rings (SSSR count). The first kappa shape index (κ1) is 14.9. The number of hydrogen-bond donors (Lipinski definition) is 2. The second kappa shape index (κ2) is 5.83. The van der Waals surface area contributed by atoms with Crippen LogP contribution in [-0.2, 0) is 0 Å². The van der Waals surface area contributed by atoms with Gasteiger partial charge < -0.3 is 11.1 Å². The molecule has 2 aromatic rings. The number of anilines is 1. The molecule has 0 aliphatic carbocycles. The van der Waals surface area contributed by atoms with Crippen molar-refractivity contribution in [1.29, 1.82) is 0 Å². The van der Waals surface area contributed by atoms with Crippen LogP contribution in [0, 0.1) is 14.5 Å². The molecule has 0 atom stereocenters. The fourth-order valence-electron chi connectivity index (χ4n) is 1.46. The quantitative estimate of drug-likeness (QED) is 0.767. The average Bonchev–Trinajstić information content (AvgIpc) is 2.79. The van der Waals surface area contributed by atoms with Gasteiger partial charge in [-0.15, -0.1) is 11.3 Å². The average molecular weight is 408 g/mol. The number of carbonyl (C=O) groups is 2. The lowest BCUT2D eigenvalue weighted by atomic mass is 10.1. The standard InChI is InChI=1S/C12H7F2IN2O2S/c13-7-3-8(14)9(2-6(7)11(16)18)17-12(19)5-1-10(15)20-4-5/h1-4H,(H2,16,18)(H,17,19). The Kier molecular flexibility index (Phi) is 4.33. The highest BCUT2D eigenvalue weighted by atomic mass is 127. The van der Waals surface area contributed by atoms with Crippen molar-refractivity contribution in [2.45, 2.75) is 0 Å². The van der Waals surface area contributed by atoms with Crippen molar-refractivity contribution in [3.63, 3.8) is 0 Å². The van der Waals surface area contributed by atoms with Crippen molar-refractivity contribution < 1.29 is 18.4 Å². The van der Waals surface area contributed by atoms with Crippen LogP contribution in [0.1, 0.15) is 20.7 Å². The Morgan fingerprint density at radius 3 is 2.45 bits per heavy atom. The van der Waals surface area contributed by atoms with Gasteiger partial charge >= 0.3 is 0 Å². The van der Waals surface area contributed by atoms with Gasteiger partial charge in [-0.2, -0.15) is 0 Å². The van der Waals surface area contributed by atoms with Crippen LogP contribution >= 0.6 is 33.9 Å². The van der Waals surface area contributed by atoms with E-state index in [2.05, 4.69) is 5.32 Å². The third-order valence-electron chi connectivity index (χ3n) is 2.40. The molecule has 0 saturated carbocycles. The first-order valence-corrected chi connectivity index (χ1v) is 7.18. The molecular weight excluding hydrogens is 401 g/mol. The van der Waals surface area contributed by atoms with Gasteiger partial charge in [-0.1, -0.05) is 0 Å². The van der Waals surface area contributed by atoms with Gasteiger partial charge in [0.2, 0.25) is 0 Å². The number of hydrogen-bond acceptors (Lipinski definition) is 3. The first-order chi connectivity index (χ1) is 9.38. The minimum atomic E-state index is -1.07. The van der Waals surface area contributed by atoms with E-state index in [-0.39, 0.29) is 5.69 Å². The highest BCUT2D eigenvalue weighted by molar-refractivity contribution is 14.1. The number of nitrogens with two attached hydrogens (primary N) is 1. The van der Waals surface area contributed by atoms with Crippen molar-refractivity contribution in [1.82, 2.24) is 0 Å². The molecule has 3 N–H and O–H groups in total. The highest BCUT2D eigenvalue weighted by Gasteiger charge is 2.16. The molecule has 0 aliphatic heterocycles. The van der Waals surface area contributed by atoms with E-state index >= 15 is 0 Å². The molecule has 104 valence electrons. The van der Waals surface area contributed by atoms with Crippen molar-refractivity contribution >= 4 is 51.4 Å². The Hall–Kier alpha value is -1.55. The van der Waals surface area contributed by atoms with Crippen LogP contribution in [-0.4, -0.2) is 11.8 Å². The summed E-state index contributed by atoms with van der Waals surface area (Å²) in [6.07, 6.45) is 0. The lowest BCUT2D eigenvalue weighted by Crippen LogP contribution is -2.17. The second-order valence-electron chi connectivity index (χ2n) is 3.77. The van der Waals surface area contributed by atoms with E-state index in [1.807, 2.05) is 22.6 Å². The van der Waals surface area contributed by atoms with Crippen LogP contribution in [0.15, 0.2) is 23.6 Å². The molecule has 1 aromatic carbocycles. The van der Waals surface area contributed by atoms with Crippen molar-refractivity contribution in [2.75, 3.05) is 5.32 Å². The third-order valence-corrected chi connectivity index (χ3v) is 4.19. The zero-order valence-electron chi connectivity index (χ0n) is 9.75. The predicted octanol–water partition coefficient (Wildman–Crippen LogP) is 2.98. The van der Waals surface area contributed by atoms with E-state index in [1.54, 1.807) is 11.4 Å². The maximum absolute atomic E-state index is 13.6. The molecule has 0 aliphatic rings. The number of benzene rings is 1. The molecule has 4 nitrogen and oxygen atoms in total. The van der Waals surface area contributed by atoms with E-state index in [9.17, 15) is 18.4 Å². The molecule has 1 aromatic heterocycles. The molecule has 0 bridgehead atoms. The fraction of sp³-hybridized carbons (Fsp3) is 0. The van der Waals surface area contributed by atoms with Crippen LogP contribution in [0.5, 0.6) is 0 Å². The van der Waals surface area contributed by atoms with Crippen molar-refractivity contribution in [3.8, 4) is 0 Å². The molecule has 20 heavy (non-hydrogen) atoms. The van der Waals surface area contributed by atoms with Crippen LogP contribution in [0.4, 0.5) is 14.5 Å². The molecular formula is C12H7F2IN2O2S. The lowest BCUT2D eigenvalue weighted by molar-refractivity contribution is 0.0992. The van der Waals surface area contributed by atoms with Gasteiger partial charge in [0.15, 0.2) is 0 Å². The van der Waals surface area contributed by atoms with Gasteiger partial charge in [0.05, 0.1) is 19.7 Å². The number of primary amides is 1. The molecule has 1 heterocycles. The number of thiophene rings is 1. The highest BCUT2D eigenvalue weighted by Crippen LogP contribution is 2.22. The lowest BCUT2D eigenvalue weighted by Gasteiger charge is -2.07. The summed E-state index contributed by atoms with van der Waals surface area (Å²) in [5.74, 6) is -3.64. The van der Waals surface area contributed by atoms with Crippen molar-refractivity contribution in [2.24, 2.45) is 5.73 Å². The minimum absolute atomic E-state index is 0.300. The smallest absolute Gasteiger partial charge is 0.256 e. The van der Waals surface area contributed by atoms with Gasteiger partial charge in [0.1, 0.15) is 11.6 Å². The van der Waals surface area contributed by atoms with E-state index in [0.717, 1.165) is 8.95 Å². The van der Waals surface area contributed by atoms with Gasteiger partial charge in [-0.3, -0.25) is 9.59 Å². The zero-order chi connectivity index (χ0) is 14.9. The van der Waals surface area contributed by atoms with Gasteiger partial charge in [0.25, 0.3) is 11.8 Å². The summed E-state index contributed by atoms with van der Waals surface area (Å²) in [5.41, 5.74) is 4.53. The van der Waals surface area contributed by atoms with E-state index in [0.29, 0.717) is 11.6 Å². The largest absolute Gasteiger partial charge is 0.366 e. The van der Waals surface area contributed by atoms with Crippen LogP contribution < -0.4 is 11.1 Å². The number of amides is 2. The molecule has 0 fully saturated rings. The topological polar surface area (TPSA) is 72.2 Å². The Balaban J connectivity index is 2.31. The second-order valence-corrected chi connectivity index (χ2v) is 6.58. The summed E-state index contributed by atoms with van der Waals surface area (Å²) >= 11 is 3.40. The monoisotopic (exact) mass is 408 g/mol. The molecule has 0 radical (unpaired) electrons. The Bertz CT molecular complexity index is 703. The number of rotatable bonds is 3. The fourth-order valence-corrected chi connectivity index (χ4v) is 2.78. The summed E-state index contributed by atoms with van der Waals surface area (Å²) in [7, 11) is 0. The minimum Gasteiger partial charge on any atom is -0.366 e. The summed E-state index contributed by atoms with van der Waals surface area (Å²) < 4.78 is 27.8. The van der Waals surface area contributed by atoms with Gasteiger partial charge in [-0.05, 0) is 34.7 Å². The molecule has 0 saturated heterocycles. The molecule has 2 amide bonds. The Morgan fingerprint density at radius 1 is 1.20 bits per heavy atom. The third kappa shape index (κ3) is 3.12. The SMILES string of the molecule is NC(=O)c1cc(NC(=O)c2csc(I)c2)c(F)cc1F. The van der Waals surface area contributed by atoms with Gasteiger partial charge in [0, 0.05) is 11.4 Å². The predicted molar refractivity (Wildman–Crippen MR) is 79.9 cm³/mol. The molecule has 0 unspecified atom stereocenters. The van der Waals surface area contributed by atoms with E-state index in [4.69, 9.17) is 5.73 Å².